The van der Waals surface area contributed by atoms with Crippen LogP contribution in [0.3, 0.4) is 0 Å². The van der Waals surface area contributed by atoms with Crippen LogP contribution in [0.25, 0.3) is 0 Å². The second-order valence-electron chi connectivity index (χ2n) is 7.10. The fourth-order valence-electron chi connectivity index (χ4n) is 2.95. The van der Waals surface area contributed by atoms with E-state index in [9.17, 15) is 0 Å². The van der Waals surface area contributed by atoms with Gasteiger partial charge in [0, 0.05) is 6.42 Å². The summed E-state index contributed by atoms with van der Waals surface area (Å²) >= 11 is 0. The van der Waals surface area contributed by atoms with Crippen LogP contribution in [0.4, 0.5) is 0 Å². The van der Waals surface area contributed by atoms with Crippen LogP contribution >= 0.6 is 0 Å². The molecule has 2 aromatic rings. The van der Waals surface area contributed by atoms with Gasteiger partial charge in [-0.1, -0.05) is 76.6 Å². The van der Waals surface area contributed by atoms with Crippen molar-refractivity contribution in [2.75, 3.05) is 13.2 Å². The first kappa shape index (κ1) is 21.3. The monoisotopic (exact) mass is 367 g/mol. The molecule has 0 fully saturated rings. The van der Waals surface area contributed by atoms with E-state index in [1.165, 1.54) is 49.7 Å². The normalized spacial score (nSPS) is 10.7. The predicted molar refractivity (Wildman–Crippen MR) is 115 cm³/mol. The van der Waals surface area contributed by atoms with Crippen molar-refractivity contribution in [1.29, 1.82) is 0 Å². The van der Waals surface area contributed by atoms with Crippen molar-refractivity contribution in [3.05, 3.63) is 66.1 Å². The molecule has 0 unspecified atom stereocenters. The van der Waals surface area contributed by atoms with E-state index < -0.39 is 0 Å². The number of benzene rings is 2. The predicted octanol–water partition coefficient (Wildman–Crippen LogP) is 7.21. The molecule has 0 aliphatic rings. The highest BCUT2D eigenvalue weighted by Crippen LogP contribution is 2.19. The SMILES string of the molecule is CCCCCCOc1ccc([CH]c2ccc(OCCCCCC)cc2)cc1. The fraction of sp³-hybridized carbons (Fsp3) is 0.480. The Balaban J connectivity index is 1.71. The lowest BCUT2D eigenvalue weighted by atomic mass is 10.0. The Labute approximate surface area is 165 Å². The van der Waals surface area contributed by atoms with Gasteiger partial charge in [0.25, 0.3) is 0 Å². The summed E-state index contributed by atoms with van der Waals surface area (Å²) < 4.78 is 11.6. The summed E-state index contributed by atoms with van der Waals surface area (Å²) in [4.78, 5) is 0. The highest BCUT2D eigenvalue weighted by molar-refractivity contribution is 5.41. The van der Waals surface area contributed by atoms with E-state index in [0.717, 1.165) is 37.6 Å². The third-order valence-electron chi connectivity index (χ3n) is 4.63. The maximum absolute atomic E-state index is 5.81. The van der Waals surface area contributed by atoms with E-state index >= 15 is 0 Å². The molecule has 0 atom stereocenters. The van der Waals surface area contributed by atoms with Gasteiger partial charge in [-0.3, -0.25) is 0 Å². The topological polar surface area (TPSA) is 18.5 Å². The number of ether oxygens (including phenoxy) is 2. The summed E-state index contributed by atoms with van der Waals surface area (Å²) in [6, 6.07) is 16.7. The molecule has 0 N–H and O–H groups in total. The van der Waals surface area contributed by atoms with Gasteiger partial charge in [-0.25, -0.2) is 0 Å². The van der Waals surface area contributed by atoms with E-state index in [1.54, 1.807) is 0 Å². The van der Waals surface area contributed by atoms with Crippen molar-refractivity contribution in [3.8, 4) is 11.5 Å². The molecule has 2 rings (SSSR count). The lowest BCUT2D eigenvalue weighted by Crippen LogP contribution is -1.97. The van der Waals surface area contributed by atoms with Gasteiger partial charge in [0.15, 0.2) is 0 Å². The van der Waals surface area contributed by atoms with Crippen LogP contribution in [0, 0.1) is 6.42 Å². The first-order chi connectivity index (χ1) is 13.3. The molecule has 147 valence electrons. The van der Waals surface area contributed by atoms with Gasteiger partial charge in [0.2, 0.25) is 0 Å². The molecular weight excluding hydrogens is 332 g/mol. The summed E-state index contributed by atoms with van der Waals surface area (Å²) in [6.07, 6.45) is 12.0. The van der Waals surface area contributed by atoms with Crippen LogP contribution < -0.4 is 9.47 Å². The molecule has 0 aliphatic heterocycles. The molecule has 0 aliphatic carbocycles. The van der Waals surface area contributed by atoms with Crippen molar-refractivity contribution in [1.82, 2.24) is 0 Å². The fourth-order valence-corrected chi connectivity index (χ4v) is 2.95. The number of hydrogen-bond acceptors (Lipinski definition) is 2. The van der Waals surface area contributed by atoms with Crippen LogP contribution in [0.5, 0.6) is 11.5 Å². The van der Waals surface area contributed by atoms with Gasteiger partial charge in [0.1, 0.15) is 11.5 Å². The minimum atomic E-state index is 0.808. The summed E-state index contributed by atoms with van der Waals surface area (Å²) in [5.74, 6) is 1.91. The highest BCUT2D eigenvalue weighted by atomic mass is 16.5. The molecule has 0 saturated carbocycles. The number of unbranched alkanes of at least 4 members (excludes halogenated alkanes) is 6. The summed E-state index contributed by atoms with van der Waals surface area (Å²) in [5.41, 5.74) is 2.36. The second-order valence-corrected chi connectivity index (χ2v) is 7.10. The van der Waals surface area contributed by atoms with Gasteiger partial charge in [-0.05, 0) is 48.2 Å². The van der Waals surface area contributed by atoms with E-state index in [2.05, 4.69) is 68.8 Å². The first-order valence-electron chi connectivity index (χ1n) is 10.6. The zero-order valence-electron chi connectivity index (χ0n) is 17.1. The second kappa shape index (κ2) is 13.2. The zero-order chi connectivity index (χ0) is 19.2. The first-order valence-corrected chi connectivity index (χ1v) is 10.6. The van der Waals surface area contributed by atoms with Crippen LogP contribution in [-0.2, 0) is 0 Å². The maximum Gasteiger partial charge on any atom is 0.119 e. The molecule has 0 saturated heterocycles. The molecule has 0 spiro atoms. The summed E-state index contributed by atoms with van der Waals surface area (Å²) in [7, 11) is 0. The van der Waals surface area contributed by atoms with Crippen molar-refractivity contribution in [2.45, 2.75) is 65.2 Å². The van der Waals surface area contributed by atoms with E-state index in [4.69, 9.17) is 9.47 Å². The lowest BCUT2D eigenvalue weighted by Gasteiger charge is -2.08. The largest absolute Gasteiger partial charge is 0.494 e. The average Bonchev–Trinajstić information content (AvgIpc) is 2.70. The Morgan fingerprint density at radius 2 is 0.963 bits per heavy atom. The third kappa shape index (κ3) is 8.99. The highest BCUT2D eigenvalue weighted by Gasteiger charge is 2.00. The van der Waals surface area contributed by atoms with Crippen LogP contribution in [0.15, 0.2) is 48.5 Å². The van der Waals surface area contributed by atoms with Crippen molar-refractivity contribution >= 4 is 0 Å². The van der Waals surface area contributed by atoms with Crippen molar-refractivity contribution in [2.24, 2.45) is 0 Å². The van der Waals surface area contributed by atoms with Gasteiger partial charge in [-0.15, -0.1) is 0 Å². The number of hydrogen-bond donors (Lipinski definition) is 0. The van der Waals surface area contributed by atoms with Crippen molar-refractivity contribution in [3.63, 3.8) is 0 Å². The lowest BCUT2D eigenvalue weighted by molar-refractivity contribution is 0.305. The molecule has 0 amide bonds. The Morgan fingerprint density at radius 3 is 1.33 bits per heavy atom. The van der Waals surface area contributed by atoms with Crippen LogP contribution in [0.1, 0.15) is 76.3 Å². The molecule has 2 nitrogen and oxygen atoms in total. The molecule has 0 heterocycles. The Kier molecular flexibility index (Phi) is 10.5. The molecule has 0 aromatic heterocycles. The maximum atomic E-state index is 5.81. The van der Waals surface area contributed by atoms with Crippen LogP contribution in [0.2, 0.25) is 0 Å². The molecule has 1 radical (unpaired) electrons. The molecule has 2 aromatic carbocycles. The minimum absolute atomic E-state index is 0.808. The zero-order valence-corrected chi connectivity index (χ0v) is 17.1. The quantitative estimate of drug-likeness (QED) is 0.329. The Bertz CT molecular complexity index is 546. The average molecular weight is 368 g/mol. The Morgan fingerprint density at radius 1 is 0.556 bits per heavy atom. The number of rotatable bonds is 14. The molecule has 2 heteroatoms. The Hall–Kier alpha value is -1.96. The smallest absolute Gasteiger partial charge is 0.119 e. The summed E-state index contributed by atoms with van der Waals surface area (Å²) in [5, 5.41) is 0. The van der Waals surface area contributed by atoms with Gasteiger partial charge >= 0.3 is 0 Å². The summed E-state index contributed by atoms with van der Waals surface area (Å²) in [6.45, 7) is 6.07. The van der Waals surface area contributed by atoms with E-state index in [-0.39, 0.29) is 0 Å². The van der Waals surface area contributed by atoms with Gasteiger partial charge in [-0.2, -0.15) is 0 Å². The molecule has 0 bridgehead atoms. The van der Waals surface area contributed by atoms with Gasteiger partial charge in [0.05, 0.1) is 13.2 Å². The van der Waals surface area contributed by atoms with Crippen LogP contribution in [-0.4, -0.2) is 13.2 Å². The molecular formula is C25H35O2. The van der Waals surface area contributed by atoms with E-state index in [0.29, 0.717) is 0 Å². The third-order valence-corrected chi connectivity index (χ3v) is 4.63. The van der Waals surface area contributed by atoms with Crippen molar-refractivity contribution < 1.29 is 9.47 Å². The van der Waals surface area contributed by atoms with E-state index in [1.807, 2.05) is 0 Å². The molecule has 27 heavy (non-hydrogen) atoms. The standard InChI is InChI=1S/C25H35O2/c1-3-5-7-9-19-26-24-15-11-22(12-16-24)21-23-13-17-25(18-14-23)27-20-10-8-6-4-2/h11-18,21H,3-10,19-20H2,1-2H3. The van der Waals surface area contributed by atoms with Gasteiger partial charge < -0.3 is 9.47 Å². The minimum Gasteiger partial charge on any atom is -0.494 e.